The lowest BCUT2D eigenvalue weighted by molar-refractivity contribution is 0.0926. The summed E-state index contributed by atoms with van der Waals surface area (Å²) >= 11 is 0. The summed E-state index contributed by atoms with van der Waals surface area (Å²) in [5, 5.41) is 2.98. The van der Waals surface area contributed by atoms with Crippen molar-refractivity contribution in [1.82, 2.24) is 15.2 Å². The van der Waals surface area contributed by atoms with Gasteiger partial charge in [-0.15, -0.1) is 0 Å². The summed E-state index contributed by atoms with van der Waals surface area (Å²) in [4.78, 5) is 19.6. The fraction of sp³-hybridized carbons (Fsp3) is 0.273. The molecule has 6 heteroatoms. The number of amides is 1. The van der Waals surface area contributed by atoms with Crippen molar-refractivity contribution in [3.63, 3.8) is 0 Å². The lowest BCUT2D eigenvalue weighted by Gasteiger charge is -2.32. The van der Waals surface area contributed by atoms with Crippen LogP contribution in [-0.4, -0.2) is 41.6 Å². The number of hydrogen-bond donors (Lipinski definition) is 1. The number of nitrogens with one attached hydrogen (secondary N) is 1. The molecule has 39 heavy (non-hydrogen) atoms. The number of carbonyl (C=O) groups excluding carboxylic acids is 1. The van der Waals surface area contributed by atoms with E-state index in [4.69, 9.17) is 9.47 Å². The Morgan fingerprint density at radius 1 is 0.897 bits per heavy atom. The molecule has 0 radical (unpaired) electrons. The highest BCUT2D eigenvalue weighted by Crippen LogP contribution is 2.24. The van der Waals surface area contributed by atoms with Crippen LogP contribution in [0, 0.1) is 0 Å². The van der Waals surface area contributed by atoms with Gasteiger partial charge >= 0.3 is 0 Å². The first-order valence-electron chi connectivity index (χ1n) is 13.7. The van der Waals surface area contributed by atoms with Crippen LogP contribution >= 0.6 is 0 Å². The minimum atomic E-state index is -0.106. The summed E-state index contributed by atoms with van der Waals surface area (Å²) in [5.74, 6) is 1.49. The van der Waals surface area contributed by atoms with Gasteiger partial charge in [-0.2, -0.15) is 0 Å². The maximum Gasteiger partial charge on any atom is 0.251 e. The minimum Gasteiger partial charge on any atom is -0.494 e. The summed E-state index contributed by atoms with van der Waals surface area (Å²) in [5.41, 5.74) is 5.01. The third-order valence-corrected chi connectivity index (χ3v) is 6.99. The minimum absolute atomic E-state index is 0.106. The van der Waals surface area contributed by atoms with Crippen molar-refractivity contribution in [3.05, 3.63) is 114 Å². The van der Waals surface area contributed by atoms with Crippen molar-refractivity contribution < 1.29 is 14.3 Å². The van der Waals surface area contributed by atoms with Crippen LogP contribution in [0.1, 0.15) is 41.3 Å². The topological polar surface area (TPSA) is 63.7 Å². The summed E-state index contributed by atoms with van der Waals surface area (Å²) in [6.45, 7) is 5.94. The number of pyridine rings is 1. The van der Waals surface area contributed by atoms with Crippen LogP contribution in [0.25, 0.3) is 11.1 Å². The zero-order chi connectivity index (χ0) is 26.9. The van der Waals surface area contributed by atoms with Gasteiger partial charge in [-0.3, -0.25) is 9.69 Å². The molecule has 0 aliphatic carbocycles. The van der Waals surface area contributed by atoms with E-state index in [1.807, 2.05) is 73.7 Å². The maximum absolute atomic E-state index is 12.6. The van der Waals surface area contributed by atoms with E-state index >= 15 is 0 Å². The average Bonchev–Trinajstić information content (AvgIpc) is 2.99. The summed E-state index contributed by atoms with van der Waals surface area (Å²) in [7, 11) is 0. The zero-order valence-electron chi connectivity index (χ0n) is 22.4. The number of carbonyl (C=O) groups is 1. The van der Waals surface area contributed by atoms with E-state index in [0.717, 1.165) is 54.9 Å². The van der Waals surface area contributed by atoms with Crippen molar-refractivity contribution in [2.45, 2.75) is 39.0 Å². The zero-order valence-corrected chi connectivity index (χ0v) is 22.4. The third kappa shape index (κ3) is 7.24. The number of piperidine rings is 1. The van der Waals surface area contributed by atoms with Gasteiger partial charge in [0.15, 0.2) is 0 Å². The highest BCUT2D eigenvalue weighted by Gasteiger charge is 2.22. The number of likely N-dealkylation sites (tertiary alicyclic amines) is 1. The monoisotopic (exact) mass is 521 g/mol. The highest BCUT2D eigenvalue weighted by atomic mass is 16.5. The molecule has 5 rings (SSSR count). The number of para-hydroxylation sites is 1. The van der Waals surface area contributed by atoms with Gasteiger partial charge in [-0.05, 0) is 54.7 Å². The number of rotatable bonds is 10. The number of nitrogens with zero attached hydrogens (tertiary/aromatic N) is 2. The van der Waals surface area contributed by atoms with Crippen LogP contribution in [-0.2, 0) is 13.1 Å². The predicted molar refractivity (Wildman–Crippen MR) is 154 cm³/mol. The maximum atomic E-state index is 12.6. The summed E-state index contributed by atoms with van der Waals surface area (Å²) in [6.07, 6.45) is 3.84. The number of benzene rings is 3. The molecule has 0 bridgehead atoms. The highest BCUT2D eigenvalue weighted by molar-refractivity contribution is 5.94. The molecule has 0 saturated carbocycles. The van der Waals surface area contributed by atoms with Crippen molar-refractivity contribution in [2.24, 2.45) is 0 Å². The largest absolute Gasteiger partial charge is 0.494 e. The van der Waals surface area contributed by atoms with E-state index in [1.54, 1.807) is 6.20 Å². The van der Waals surface area contributed by atoms with Crippen molar-refractivity contribution in [2.75, 3.05) is 19.7 Å². The SMILES string of the molecule is CCOc1ccccc1CN1CCC(Oc2ccc(CNC(=O)c3ccc(-c4ccccc4)cc3)cn2)CC1. The van der Waals surface area contributed by atoms with Crippen molar-refractivity contribution in [1.29, 1.82) is 0 Å². The van der Waals surface area contributed by atoms with Crippen LogP contribution < -0.4 is 14.8 Å². The molecular formula is C33H35N3O3. The fourth-order valence-electron chi connectivity index (χ4n) is 4.84. The third-order valence-electron chi connectivity index (χ3n) is 6.99. The van der Waals surface area contributed by atoms with Gasteiger partial charge in [0.1, 0.15) is 11.9 Å². The molecule has 4 aromatic rings. The standard InChI is InChI=1S/C33H35N3O3/c1-2-38-31-11-7-6-10-29(31)24-36-20-18-30(19-21-36)39-32-17-12-25(22-34-32)23-35-33(37)28-15-13-27(14-16-28)26-8-4-3-5-9-26/h3-17,22,30H,2,18-21,23-24H2,1H3,(H,35,37). The van der Waals surface area contributed by atoms with Crippen LogP contribution in [0.5, 0.6) is 11.6 Å². The molecule has 0 spiro atoms. The lowest BCUT2D eigenvalue weighted by atomic mass is 10.0. The molecule has 0 atom stereocenters. The van der Waals surface area contributed by atoms with E-state index in [1.165, 1.54) is 5.56 Å². The van der Waals surface area contributed by atoms with Crippen molar-refractivity contribution in [3.8, 4) is 22.8 Å². The van der Waals surface area contributed by atoms with Crippen LogP contribution in [0.3, 0.4) is 0 Å². The van der Waals surface area contributed by atoms with Gasteiger partial charge in [-0.1, -0.05) is 66.7 Å². The van der Waals surface area contributed by atoms with Crippen LogP contribution in [0.2, 0.25) is 0 Å². The Hall–Kier alpha value is -4.16. The first-order valence-corrected chi connectivity index (χ1v) is 13.7. The van der Waals surface area contributed by atoms with E-state index in [9.17, 15) is 4.79 Å². The molecule has 1 amide bonds. The lowest BCUT2D eigenvalue weighted by Crippen LogP contribution is -2.38. The van der Waals surface area contributed by atoms with E-state index < -0.39 is 0 Å². The molecule has 1 saturated heterocycles. The molecule has 1 fully saturated rings. The Bertz CT molecular complexity index is 1330. The molecule has 0 unspecified atom stereocenters. The Balaban J connectivity index is 1.06. The first-order chi connectivity index (χ1) is 19.2. The number of ether oxygens (including phenoxy) is 2. The van der Waals surface area contributed by atoms with Gasteiger partial charge in [0, 0.05) is 49.6 Å². The van der Waals surface area contributed by atoms with Crippen LogP contribution in [0.4, 0.5) is 0 Å². The average molecular weight is 522 g/mol. The normalized spacial score (nSPS) is 14.1. The summed E-state index contributed by atoms with van der Waals surface area (Å²) < 4.78 is 11.9. The Morgan fingerprint density at radius 2 is 1.62 bits per heavy atom. The van der Waals surface area contributed by atoms with Gasteiger partial charge in [-0.25, -0.2) is 4.98 Å². The second-order valence-corrected chi connectivity index (χ2v) is 9.76. The summed E-state index contributed by atoms with van der Waals surface area (Å²) in [6, 6.07) is 29.9. The van der Waals surface area contributed by atoms with Gasteiger partial charge < -0.3 is 14.8 Å². The fourth-order valence-corrected chi connectivity index (χ4v) is 4.84. The van der Waals surface area contributed by atoms with Gasteiger partial charge in [0.2, 0.25) is 5.88 Å². The molecule has 6 nitrogen and oxygen atoms in total. The quantitative estimate of drug-likeness (QED) is 0.272. The molecular weight excluding hydrogens is 486 g/mol. The first kappa shape index (κ1) is 26.4. The second kappa shape index (κ2) is 13.1. The molecule has 3 aromatic carbocycles. The molecule has 1 aromatic heterocycles. The van der Waals surface area contributed by atoms with E-state index in [2.05, 4.69) is 39.5 Å². The van der Waals surface area contributed by atoms with Crippen molar-refractivity contribution >= 4 is 5.91 Å². The number of hydrogen-bond acceptors (Lipinski definition) is 5. The Kier molecular flexibility index (Phi) is 8.86. The van der Waals surface area contributed by atoms with E-state index in [0.29, 0.717) is 24.6 Å². The van der Waals surface area contributed by atoms with Gasteiger partial charge in [0.05, 0.1) is 6.61 Å². The van der Waals surface area contributed by atoms with E-state index in [-0.39, 0.29) is 12.0 Å². The molecule has 1 aliphatic rings. The van der Waals surface area contributed by atoms with Gasteiger partial charge in [0.25, 0.3) is 5.91 Å². The predicted octanol–water partition coefficient (Wildman–Crippen LogP) is 6.12. The Morgan fingerprint density at radius 3 is 2.33 bits per heavy atom. The molecule has 200 valence electrons. The Labute approximate surface area is 230 Å². The van der Waals surface area contributed by atoms with Crippen LogP contribution in [0.15, 0.2) is 97.2 Å². The molecule has 1 aliphatic heterocycles. The second-order valence-electron chi connectivity index (χ2n) is 9.76. The molecule has 1 N–H and O–H groups in total. The smallest absolute Gasteiger partial charge is 0.251 e. The molecule has 2 heterocycles. The number of aromatic nitrogens is 1.